The van der Waals surface area contributed by atoms with Crippen LogP contribution in [0.3, 0.4) is 0 Å². The van der Waals surface area contributed by atoms with Crippen molar-refractivity contribution in [3.05, 3.63) is 0 Å². The lowest BCUT2D eigenvalue weighted by Gasteiger charge is -2.22. The van der Waals surface area contributed by atoms with Gasteiger partial charge in [0.15, 0.2) is 0 Å². The van der Waals surface area contributed by atoms with Crippen LogP contribution in [0.25, 0.3) is 0 Å². The maximum absolute atomic E-state index is 11.9. The fourth-order valence-electron chi connectivity index (χ4n) is 2.35. The number of nitrogens with one attached hydrogen (secondary N) is 1. The molecule has 0 bridgehead atoms. The molecule has 0 aromatic carbocycles. The third-order valence-electron chi connectivity index (χ3n) is 3.61. The Hall–Kier alpha value is -0.420. The molecule has 0 radical (unpaired) electrons. The number of nitrogens with zero attached hydrogens (tertiary/aromatic N) is 1. The van der Waals surface area contributed by atoms with Gasteiger partial charge in [0.25, 0.3) is 0 Å². The standard InChI is InChI=1S/C13H26N2O2S/c1-3-15(4-2)13(16)11-18(17)10-7-12-5-8-14-9-6-12/h12,14H,3-11H2,1-2H3. The normalized spacial score (nSPS) is 18.6. The molecule has 1 fully saturated rings. The fourth-order valence-corrected chi connectivity index (χ4v) is 3.54. The van der Waals surface area contributed by atoms with Crippen molar-refractivity contribution in [1.82, 2.24) is 10.2 Å². The Labute approximate surface area is 113 Å². The van der Waals surface area contributed by atoms with E-state index in [9.17, 15) is 9.00 Å². The molecule has 1 atom stereocenters. The molecule has 106 valence electrons. The second-order valence-electron chi connectivity index (χ2n) is 4.84. The van der Waals surface area contributed by atoms with Crippen molar-refractivity contribution in [1.29, 1.82) is 0 Å². The predicted octanol–water partition coefficient (Wildman–Crippen LogP) is 0.993. The maximum Gasteiger partial charge on any atom is 0.235 e. The van der Waals surface area contributed by atoms with E-state index in [1.165, 1.54) is 12.8 Å². The summed E-state index contributed by atoms with van der Waals surface area (Å²) in [4.78, 5) is 13.5. The van der Waals surface area contributed by atoms with E-state index in [1.807, 2.05) is 13.8 Å². The molecular weight excluding hydrogens is 248 g/mol. The van der Waals surface area contributed by atoms with Crippen LogP contribution in [0.4, 0.5) is 0 Å². The minimum absolute atomic E-state index is 0.0312. The van der Waals surface area contributed by atoms with Crippen LogP contribution in [0.5, 0.6) is 0 Å². The number of hydrogen-bond donors (Lipinski definition) is 1. The predicted molar refractivity (Wildman–Crippen MR) is 76.0 cm³/mol. The Morgan fingerprint density at radius 2 is 1.89 bits per heavy atom. The van der Waals surface area contributed by atoms with Crippen LogP contribution in [0, 0.1) is 5.92 Å². The van der Waals surface area contributed by atoms with Gasteiger partial charge in [0, 0.05) is 29.6 Å². The first-order valence-electron chi connectivity index (χ1n) is 7.00. The monoisotopic (exact) mass is 274 g/mol. The molecule has 18 heavy (non-hydrogen) atoms. The van der Waals surface area contributed by atoms with Gasteiger partial charge < -0.3 is 10.2 Å². The van der Waals surface area contributed by atoms with Gasteiger partial charge in [0.1, 0.15) is 5.75 Å². The van der Waals surface area contributed by atoms with E-state index in [1.54, 1.807) is 4.90 Å². The largest absolute Gasteiger partial charge is 0.342 e. The second kappa shape index (κ2) is 8.64. The Morgan fingerprint density at radius 1 is 1.28 bits per heavy atom. The topological polar surface area (TPSA) is 49.4 Å². The number of piperidine rings is 1. The van der Waals surface area contributed by atoms with Gasteiger partial charge in [0.05, 0.1) is 0 Å². The number of amides is 1. The highest BCUT2D eigenvalue weighted by atomic mass is 32.2. The fraction of sp³-hybridized carbons (Fsp3) is 0.923. The lowest BCUT2D eigenvalue weighted by Crippen LogP contribution is -2.34. The molecule has 1 heterocycles. The summed E-state index contributed by atoms with van der Waals surface area (Å²) >= 11 is 0. The molecule has 0 aromatic heterocycles. The summed E-state index contributed by atoms with van der Waals surface area (Å²) in [5.41, 5.74) is 0. The van der Waals surface area contributed by atoms with Crippen molar-refractivity contribution >= 4 is 16.7 Å². The van der Waals surface area contributed by atoms with Gasteiger partial charge in [-0.3, -0.25) is 9.00 Å². The summed E-state index contributed by atoms with van der Waals surface area (Å²) in [6, 6.07) is 0. The minimum Gasteiger partial charge on any atom is -0.342 e. The Bertz CT molecular complexity index is 274. The van der Waals surface area contributed by atoms with E-state index < -0.39 is 10.8 Å². The molecule has 1 amide bonds. The summed E-state index contributed by atoms with van der Waals surface area (Å²) in [5.74, 6) is 1.60. The lowest BCUT2D eigenvalue weighted by atomic mass is 9.96. The summed E-state index contributed by atoms with van der Waals surface area (Å²) in [5, 5.41) is 3.33. The highest BCUT2D eigenvalue weighted by molar-refractivity contribution is 7.85. The quantitative estimate of drug-likeness (QED) is 0.753. The first-order valence-corrected chi connectivity index (χ1v) is 8.49. The molecular formula is C13H26N2O2S. The van der Waals surface area contributed by atoms with Gasteiger partial charge in [-0.1, -0.05) is 0 Å². The van der Waals surface area contributed by atoms with Gasteiger partial charge in [0.2, 0.25) is 5.91 Å². The smallest absolute Gasteiger partial charge is 0.235 e. The molecule has 0 saturated carbocycles. The van der Waals surface area contributed by atoms with Crippen LogP contribution < -0.4 is 5.32 Å². The van der Waals surface area contributed by atoms with Gasteiger partial charge in [-0.25, -0.2) is 0 Å². The van der Waals surface area contributed by atoms with E-state index >= 15 is 0 Å². The van der Waals surface area contributed by atoms with Gasteiger partial charge >= 0.3 is 0 Å². The molecule has 0 spiro atoms. The summed E-state index contributed by atoms with van der Waals surface area (Å²) in [7, 11) is -0.987. The maximum atomic E-state index is 11.9. The van der Waals surface area contributed by atoms with Crippen LogP contribution in [0.2, 0.25) is 0 Å². The zero-order valence-corrected chi connectivity index (χ0v) is 12.4. The van der Waals surface area contributed by atoms with Crippen LogP contribution in [0.15, 0.2) is 0 Å². The number of hydrogen-bond acceptors (Lipinski definition) is 3. The molecule has 0 aliphatic carbocycles. The highest BCUT2D eigenvalue weighted by Gasteiger charge is 2.17. The zero-order chi connectivity index (χ0) is 13.4. The third-order valence-corrected chi connectivity index (χ3v) is 4.87. The minimum atomic E-state index is -0.987. The Balaban J connectivity index is 2.22. The van der Waals surface area contributed by atoms with Crippen molar-refractivity contribution in [2.75, 3.05) is 37.7 Å². The van der Waals surface area contributed by atoms with E-state index in [-0.39, 0.29) is 11.7 Å². The van der Waals surface area contributed by atoms with Crippen LogP contribution >= 0.6 is 0 Å². The molecule has 1 rings (SSSR count). The number of carbonyl (C=O) groups excluding carboxylic acids is 1. The third kappa shape index (κ3) is 5.48. The average Bonchev–Trinajstić information content (AvgIpc) is 2.39. The molecule has 4 nitrogen and oxygen atoms in total. The SMILES string of the molecule is CCN(CC)C(=O)CS(=O)CCC1CCNCC1. The van der Waals surface area contributed by atoms with Crippen molar-refractivity contribution in [2.45, 2.75) is 33.1 Å². The number of carbonyl (C=O) groups is 1. The lowest BCUT2D eigenvalue weighted by molar-refractivity contribution is -0.128. The molecule has 1 saturated heterocycles. The molecule has 1 unspecified atom stereocenters. The molecule has 0 aromatic rings. The van der Waals surface area contributed by atoms with Crippen molar-refractivity contribution in [3.8, 4) is 0 Å². The molecule has 1 aliphatic heterocycles. The van der Waals surface area contributed by atoms with Gasteiger partial charge in [-0.2, -0.15) is 0 Å². The first-order chi connectivity index (χ1) is 8.67. The van der Waals surface area contributed by atoms with Crippen molar-refractivity contribution < 1.29 is 9.00 Å². The summed E-state index contributed by atoms with van der Waals surface area (Å²) in [6.45, 7) is 7.49. The van der Waals surface area contributed by atoms with E-state index in [2.05, 4.69) is 5.32 Å². The summed E-state index contributed by atoms with van der Waals surface area (Å²) < 4.78 is 11.9. The Kier molecular flexibility index (Phi) is 7.51. The van der Waals surface area contributed by atoms with Crippen LogP contribution in [-0.2, 0) is 15.6 Å². The van der Waals surface area contributed by atoms with E-state index in [0.717, 1.165) is 19.5 Å². The average molecular weight is 274 g/mol. The highest BCUT2D eigenvalue weighted by Crippen LogP contribution is 2.16. The first kappa shape index (κ1) is 15.6. The summed E-state index contributed by atoms with van der Waals surface area (Å²) in [6.07, 6.45) is 3.36. The van der Waals surface area contributed by atoms with Gasteiger partial charge in [-0.15, -0.1) is 0 Å². The number of rotatable bonds is 7. The molecule has 5 heteroatoms. The Morgan fingerprint density at radius 3 is 2.44 bits per heavy atom. The van der Waals surface area contributed by atoms with Crippen LogP contribution in [0.1, 0.15) is 33.1 Å². The van der Waals surface area contributed by atoms with Gasteiger partial charge in [-0.05, 0) is 52.1 Å². The van der Waals surface area contributed by atoms with E-state index in [4.69, 9.17) is 0 Å². The second-order valence-corrected chi connectivity index (χ2v) is 6.41. The zero-order valence-electron chi connectivity index (χ0n) is 11.6. The molecule has 1 N–H and O–H groups in total. The van der Waals surface area contributed by atoms with Crippen LogP contribution in [-0.4, -0.2) is 52.7 Å². The van der Waals surface area contributed by atoms with Crippen molar-refractivity contribution in [2.24, 2.45) is 5.92 Å². The van der Waals surface area contributed by atoms with Crippen molar-refractivity contribution in [3.63, 3.8) is 0 Å². The van der Waals surface area contributed by atoms with E-state index in [0.29, 0.717) is 24.8 Å². The molecule has 1 aliphatic rings.